The van der Waals surface area contributed by atoms with Crippen molar-refractivity contribution in [1.82, 2.24) is 18.7 Å². The number of pyridine rings is 1. The van der Waals surface area contributed by atoms with Gasteiger partial charge in [-0.3, -0.25) is 4.57 Å². The maximum atomic E-state index is 9.96. The molecule has 0 radical (unpaired) electrons. The van der Waals surface area contributed by atoms with Crippen LogP contribution in [-0.4, -0.2) is 18.7 Å². The van der Waals surface area contributed by atoms with Crippen LogP contribution in [0.3, 0.4) is 0 Å². The van der Waals surface area contributed by atoms with Gasteiger partial charge in [0.15, 0.2) is 0 Å². The molecule has 366 valence electrons. The van der Waals surface area contributed by atoms with Crippen LogP contribution in [-0.2, 0) is 31.9 Å². The van der Waals surface area contributed by atoms with Crippen LogP contribution in [0.5, 0.6) is 11.5 Å². The van der Waals surface area contributed by atoms with Gasteiger partial charge in [-0.05, 0) is 109 Å². The van der Waals surface area contributed by atoms with Gasteiger partial charge >= 0.3 is 0 Å². The molecule has 0 saturated carbocycles. The number of hydrogen-bond donors (Lipinski definition) is 0. The predicted octanol–water partition coefficient (Wildman–Crippen LogP) is 16.6. The minimum Gasteiger partial charge on any atom is -0.510 e. The fourth-order valence-electron chi connectivity index (χ4n) is 11.0. The Hall–Kier alpha value is -8.31. The van der Waals surface area contributed by atoms with Gasteiger partial charge in [0.1, 0.15) is 5.82 Å². The third-order valence-electron chi connectivity index (χ3n) is 14.4. The summed E-state index contributed by atoms with van der Waals surface area (Å²) >= 11 is 0. The van der Waals surface area contributed by atoms with Crippen molar-refractivity contribution in [2.45, 2.75) is 52.4 Å². The maximum Gasteiger partial charge on any atom is 0.268 e. The first kappa shape index (κ1) is 38.3. The Bertz CT molecular complexity index is 4880. The molecule has 9 aromatic carbocycles. The first-order chi connectivity index (χ1) is 39.3. The average molecular weight is 1160 g/mol. The molecule has 0 saturated heterocycles. The minimum absolute atomic E-state index is 0. The molecular weight excluding hydrogens is 1100 g/mol. The van der Waals surface area contributed by atoms with E-state index in [1.165, 1.54) is 0 Å². The van der Waals surface area contributed by atoms with Crippen molar-refractivity contribution < 1.29 is 41.3 Å². The monoisotopic (exact) mass is 1160 g/mol. The van der Waals surface area contributed by atoms with E-state index in [4.69, 9.17) is 12.5 Å². The van der Waals surface area contributed by atoms with Gasteiger partial charge in [0, 0.05) is 60.7 Å². The zero-order valence-corrected chi connectivity index (χ0v) is 44.2. The van der Waals surface area contributed by atoms with E-state index in [1.807, 2.05) is 106 Å². The van der Waals surface area contributed by atoms with E-state index in [1.54, 1.807) is 0 Å². The van der Waals surface area contributed by atoms with Crippen LogP contribution < -0.4 is 9.30 Å². The van der Waals surface area contributed by atoms with Crippen molar-refractivity contribution >= 4 is 54.6 Å². The second kappa shape index (κ2) is 17.4. The molecule has 6 nitrogen and oxygen atoms in total. The summed E-state index contributed by atoms with van der Waals surface area (Å²) in [4.78, 5) is 4.87. The number of imidazole rings is 1. The van der Waals surface area contributed by atoms with Crippen molar-refractivity contribution in [3.63, 3.8) is 0 Å². The van der Waals surface area contributed by atoms with Crippen LogP contribution in [0, 0.1) is 18.5 Å². The number of aromatic nitrogens is 5. The number of nitrogens with zero attached hydrogens (tertiary/aromatic N) is 5. The molecule has 0 fully saturated rings. The summed E-state index contributed by atoms with van der Waals surface area (Å²) in [6, 6.07) is 51.5. The van der Waals surface area contributed by atoms with E-state index in [0.29, 0.717) is 50.7 Å². The van der Waals surface area contributed by atoms with Crippen LogP contribution in [0.2, 0.25) is 0 Å². The Morgan fingerprint density at radius 3 is 1.76 bits per heavy atom. The Labute approximate surface area is 462 Å². The molecule has 0 N–H and O–H groups in total. The van der Waals surface area contributed by atoms with Gasteiger partial charge in [-0.25, -0.2) is 4.98 Å². The predicted molar refractivity (Wildman–Crippen MR) is 302 cm³/mol. The second-order valence-corrected chi connectivity index (χ2v) is 21.0. The molecule has 14 rings (SSSR count). The molecule has 0 amide bonds. The zero-order valence-electron chi connectivity index (χ0n) is 49.9. The standard InChI is InChI=1S/C68H51N5O.Pt/c1-67(2,3)43-35-36-69-64(37-43)73-61-32-16-13-27-54(61)55-34-33-47(41-62(55)73)74-46-20-17-19-44(38-46)70-42-71-65-56(28-18-29-58(65)68(4,5)6)50-23-9-7-21-48(50)49-22-8-10-24-51(49)57-39-45(40-63(70)66(57)71)72-59-30-14-11-25-52(59)53-26-12-15-31-60(53)72;/h7-37,39-40H,1-6H3;/q-2;/i7D,8D,9D,10D,21D,22D,23D,24D;. The summed E-state index contributed by atoms with van der Waals surface area (Å²) in [5.41, 5.74) is 8.58. The van der Waals surface area contributed by atoms with E-state index in [-0.39, 0.29) is 60.8 Å². The van der Waals surface area contributed by atoms with Crippen molar-refractivity contribution in [2.75, 3.05) is 0 Å². The first-order valence-corrected chi connectivity index (χ1v) is 24.8. The normalized spacial score (nSPS) is 13.8. The largest absolute Gasteiger partial charge is 0.510 e. The topological polar surface area (TPSA) is 40.8 Å². The Balaban J connectivity index is 0.00000645. The summed E-state index contributed by atoms with van der Waals surface area (Å²) in [6.07, 6.45) is 5.60. The summed E-state index contributed by atoms with van der Waals surface area (Å²) < 4.78 is 90.8. The van der Waals surface area contributed by atoms with Gasteiger partial charge in [0.25, 0.3) is 6.33 Å². The van der Waals surface area contributed by atoms with E-state index in [9.17, 15) is 8.22 Å². The summed E-state index contributed by atoms with van der Waals surface area (Å²) in [7, 11) is 0. The fraction of sp³-hybridized carbons (Fsp3) is 0.118. The molecule has 0 aliphatic carbocycles. The van der Waals surface area contributed by atoms with Crippen molar-refractivity contribution in [1.29, 1.82) is 0 Å². The van der Waals surface area contributed by atoms with Crippen LogP contribution in [0.25, 0.3) is 111 Å². The van der Waals surface area contributed by atoms with Crippen LogP contribution in [0.4, 0.5) is 0 Å². The molecule has 5 heterocycles. The summed E-state index contributed by atoms with van der Waals surface area (Å²) in [5.74, 6) is 1.59. The average Bonchev–Trinajstić information content (AvgIpc) is 2.10. The van der Waals surface area contributed by atoms with Crippen LogP contribution in [0.1, 0.15) is 63.6 Å². The van der Waals surface area contributed by atoms with Crippen LogP contribution >= 0.6 is 0 Å². The number of fused-ring (bicyclic) bond motifs is 13. The fourth-order valence-corrected chi connectivity index (χ4v) is 11.0. The number of hydrogen-bond acceptors (Lipinski definition) is 2. The maximum absolute atomic E-state index is 9.96. The molecule has 1 aliphatic heterocycles. The second-order valence-electron chi connectivity index (χ2n) is 21.0. The molecule has 7 heteroatoms. The van der Waals surface area contributed by atoms with Gasteiger partial charge < -0.3 is 18.4 Å². The first-order valence-electron chi connectivity index (χ1n) is 28.8. The molecule has 13 aromatic rings. The number of rotatable bonds is 5. The van der Waals surface area contributed by atoms with Gasteiger partial charge in [0.2, 0.25) is 0 Å². The molecular formula is C68H51N5OPt-2. The third kappa shape index (κ3) is 7.41. The third-order valence-corrected chi connectivity index (χ3v) is 14.4. The SMILES string of the molecule is [2H]c1c([2H])c([2H])c2c(c1[2H])-c1cccc(C(C)(C)C)c1-[n+]1[c-]n(-c3[c-]c(Oc4[c-]c5c(cc4)c4ccccc4n5-c4cc(C(C)(C)C)ccn4)ccc3)c3cc(-n4c5ccccc5c5ccccc54)cc(c31)-c1c([2H])c([2H])c([2H])c([2H])c1-2.[Pt]. The Kier molecular flexibility index (Phi) is 8.88. The van der Waals surface area contributed by atoms with Crippen molar-refractivity contribution in [3.05, 3.63) is 230 Å². The molecule has 4 aromatic heterocycles. The Morgan fingerprint density at radius 2 is 1.11 bits per heavy atom. The molecule has 0 unspecified atom stereocenters. The molecule has 0 spiro atoms. The van der Waals surface area contributed by atoms with Gasteiger partial charge in [-0.15, -0.1) is 29.7 Å². The van der Waals surface area contributed by atoms with E-state index in [0.717, 1.165) is 60.6 Å². The molecule has 0 bridgehead atoms. The molecule has 0 atom stereocenters. The number of para-hydroxylation sites is 4. The quantitative estimate of drug-likeness (QED) is 0.127. The van der Waals surface area contributed by atoms with Gasteiger partial charge in [-0.2, -0.15) is 18.2 Å². The van der Waals surface area contributed by atoms with E-state index in [2.05, 4.69) is 124 Å². The van der Waals surface area contributed by atoms with E-state index >= 15 is 0 Å². The molecule has 75 heavy (non-hydrogen) atoms. The molecule has 1 aliphatic rings. The number of ether oxygens (including phenoxy) is 1. The Morgan fingerprint density at radius 1 is 0.520 bits per heavy atom. The summed E-state index contributed by atoms with van der Waals surface area (Å²) in [6.45, 7) is 12.8. The zero-order chi connectivity index (χ0) is 57.0. The van der Waals surface area contributed by atoms with Gasteiger partial charge in [0.05, 0.1) is 38.7 Å². The van der Waals surface area contributed by atoms with Gasteiger partial charge in [-0.1, -0.05) is 168 Å². The summed E-state index contributed by atoms with van der Waals surface area (Å²) in [5, 5.41) is 4.06. The minimum atomic E-state index is -0.575. The smallest absolute Gasteiger partial charge is 0.268 e. The van der Waals surface area contributed by atoms with E-state index < -0.39 is 41.7 Å². The van der Waals surface area contributed by atoms with Crippen molar-refractivity contribution in [3.8, 4) is 67.8 Å². The number of benzene rings is 9. The van der Waals surface area contributed by atoms with Crippen molar-refractivity contribution in [2.24, 2.45) is 0 Å². The van der Waals surface area contributed by atoms with Crippen LogP contribution in [0.15, 0.2) is 200 Å².